The summed E-state index contributed by atoms with van der Waals surface area (Å²) in [6, 6.07) is 4.95. The molecule has 5 heteroatoms. The van der Waals surface area contributed by atoms with Crippen molar-refractivity contribution in [2.75, 3.05) is 13.7 Å². The first-order valence-corrected chi connectivity index (χ1v) is 5.23. The number of likely N-dealkylation sites (N-methyl/N-ethyl adjacent to an activating group) is 1. The molecule has 1 aromatic carbocycles. The molecule has 0 aliphatic rings. The number of halogens is 1. The third-order valence-corrected chi connectivity index (χ3v) is 2.37. The fraction of sp³-hybridized carbons (Fsp3) is 0.364. The number of aliphatic hydroxyl groups is 1. The van der Waals surface area contributed by atoms with E-state index in [0.717, 1.165) is 0 Å². The third kappa shape index (κ3) is 3.40. The lowest BCUT2D eigenvalue weighted by molar-refractivity contribution is -0.122. The van der Waals surface area contributed by atoms with Gasteiger partial charge in [-0.15, -0.1) is 0 Å². The van der Waals surface area contributed by atoms with E-state index in [1.165, 1.54) is 7.05 Å². The molecule has 0 saturated heterocycles. The van der Waals surface area contributed by atoms with Gasteiger partial charge >= 0.3 is 0 Å². The van der Waals surface area contributed by atoms with Crippen LogP contribution in [-0.4, -0.2) is 24.7 Å². The molecule has 0 bridgehead atoms. The largest absolute Gasteiger partial charge is 0.482 e. The minimum absolute atomic E-state index is 0.0791. The fourth-order valence-electron chi connectivity index (χ4n) is 1.11. The lowest BCUT2D eigenvalue weighted by Crippen LogP contribution is -2.24. The van der Waals surface area contributed by atoms with Crippen molar-refractivity contribution in [1.29, 1.82) is 0 Å². The highest BCUT2D eigenvalue weighted by Crippen LogP contribution is 2.27. The number of rotatable bonds is 4. The van der Waals surface area contributed by atoms with Gasteiger partial charge in [0.05, 0.1) is 11.1 Å². The van der Waals surface area contributed by atoms with Gasteiger partial charge in [0.25, 0.3) is 5.91 Å². The van der Waals surface area contributed by atoms with Crippen molar-refractivity contribution in [1.82, 2.24) is 5.32 Å². The summed E-state index contributed by atoms with van der Waals surface area (Å²) < 4.78 is 5.20. The van der Waals surface area contributed by atoms with Gasteiger partial charge in [0.2, 0.25) is 0 Å². The Hall–Kier alpha value is -1.26. The number of carbonyl (C=O) groups excluding carboxylic acids is 1. The van der Waals surface area contributed by atoms with Gasteiger partial charge in [-0.2, -0.15) is 0 Å². The van der Waals surface area contributed by atoms with Gasteiger partial charge in [-0.3, -0.25) is 4.79 Å². The first-order valence-electron chi connectivity index (χ1n) is 4.85. The second kappa shape index (κ2) is 5.72. The van der Waals surface area contributed by atoms with E-state index in [1.54, 1.807) is 25.1 Å². The number of benzene rings is 1. The molecule has 0 saturated carbocycles. The molecule has 0 radical (unpaired) electrons. The lowest BCUT2D eigenvalue weighted by Gasteiger charge is -2.10. The lowest BCUT2D eigenvalue weighted by atomic mass is 10.1. The van der Waals surface area contributed by atoms with E-state index in [-0.39, 0.29) is 12.5 Å². The van der Waals surface area contributed by atoms with Crippen molar-refractivity contribution in [3.63, 3.8) is 0 Å². The first-order chi connectivity index (χ1) is 7.54. The second-order valence-corrected chi connectivity index (χ2v) is 3.73. The van der Waals surface area contributed by atoms with Crippen LogP contribution in [0.5, 0.6) is 5.75 Å². The van der Waals surface area contributed by atoms with E-state index in [4.69, 9.17) is 16.3 Å². The van der Waals surface area contributed by atoms with Gasteiger partial charge in [0.1, 0.15) is 5.75 Å². The summed E-state index contributed by atoms with van der Waals surface area (Å²) in [5.41, 5.74) is 0.706. The predicted octanol–water partition coefficient (Wildman–Crippen LogP) is 1.52. The summed E-state index contributed by atoms with van der Waals surface area (Å²) in [6.07, 6.45) is -0.578. The van der Waals surface area contributed by atoms with Crippen LogP contribution in [0.15, 0.2) is 18.2 Å². The molecule has 16 heavy (non-hydrogen) atoms. The Labute approximate surface area is 99.2 Å². The van der Waals surface area contributed by atoms with Crippen LogP contribution in [0.1, 0.15) is 18.6 Å². The van der Waals surface area contributed by atoms with Crippen LogP contribution in [-0.2, 0) is 4.79 Å². The van der Waals surface area contributed by atoms with Crippen LogP contribution in [0.3, 0.4) is 0 Å². The van der Waals surface area contributed by atoms with Crippen molar-refractivity contribution in [2.24, 2.45) is 0 Å². The number of carbonyl (C=O) groups is 1. The average molecular weight is 244 g/mol. The Bertz CT molecular complexity index is 379. The number of hydrogen-bond acceptors (Lipinski definition) is 3. The molecule has 1 atom stereocenters. The molecule has 0 aliphatic carbocycles. The summed E-state index contributed by atoms with van der Waals surface area (Å²) in [5.74, 6) is 0.199. The van der Waals surface area contributed by atoms with Crippen molar-refractivity contribution in [2.45, 2.75) is 13.0 Å². The molecule has 0 unspecified atom stereocenters. The molecule has 0 heterocycles. The van der Waals surface area contributed by atoms with E-state index in [9.17, 15) is 9.90 Å². The average Bonchev–Trinajstić information content (AvgIpc) is 2.26. The van der Waals surface area contributed by atoms with Gasteiger partial charge in [0.15, 0.2) is 6.61 Å². The van der Waals surface area contributed by atoms with Crippen LogP contribution < -0.4 is 10.1 Å². The summed E-state index contributed by atoms with van der Waals surface area (Å²) in [7, 11) is 1.53. The summed E-state index contributed by atoms with van der Waals surface area (Å²) in [5, 5.41) is 12.1. The van der Waals surface area contributed by atoms with E-state index in [0.29, 0.717) is 16.3 Å². The number of amides is 1. The van der Waals surface area contributed by atoms with Crippen LogP contribution in [0.4, 0.5) is 0 Å². The maximum Gasteiger partial charge on any atom is 0.257 e. The molecule has 4 nitrogen and oxygen atoms in total. The molecule has 0 fully saturated rings. The van der Waals surface area contributed by atoms with Crippen molar-refractivity contribution < 1.29 is 14.6 Å². The minimum Gasteiger partial charge on any atom is -0.482 e. The van der Waals surface area contributed by atoms with Gasteiger partial charge < -0.3 is 15.2 Å². The van der Waals surface area contributed by atoms with Gasteiger partial charge in [-0.1, -0.05) is 17.7 Å². The zero-order valence-electron chi connectivity index (χ0n) is 9.16. The maximum absolute atomic E-state index is 11.0. The van der Waals surface area contributed by atoms with Crippen molar-refractivity contribution in [3.05, 3.63) is 28.8 Å². The molecule has 0 spiro atoms. The molecule has 1 aromatic rings. The number of ether oxygens (including phenoxy) is 1. The van der Waals surface area contributed by atoms with Crippen LogP contribution in [0.2, 0.25) is 5.02 Å². The Balaban J connectivity index is 2.72. The summed E-state index contributed by atoms with van der Waals surface area (Å²) in [4.78, 5) is 11.0. The smallest absolute Gasteiger partial charge is 0.257 e. The number of nitrogens with one attached hydrogen (secondary N) is 1. The van der Waals surface area contributed by atoms with Crippen molar-refractivity contribution >= 4 is 17.5 Å². The SMILES string of the molecule is CNC(=O)COc1ccc([C@H](C)O)cc1Cl. The Kier molecular flexibility index (Phi) is 4.58. The molecule has 0 aliphatic heterocycles. The zero-order chi connectivity index (χ0) is 12.1. The van der Waals surface area contributed by atoms with E-state index < -0.39 is 6.10 Å². The quantitative estimate of drug-likeness (QED) is 0.843. The Morgan fingerprint density at radius 3 is 2.81 bits per heavy atom. The standard InChI is InChI=1S/C11H14ClNO3/c1-7(14)8-3-4-10(9(12)5-8)16-6-11(15)13-2/h3-5,7,14H,6H2,1-2H3,(H,13,15)/t7-/m0/s1. The highest BCUT2D eigenvalue weighted by Gasteiger charge is 2.07. The summed E-state index contributed by atoms with van der Waals surface area (Å²) >= 11 is 5.93. The Morgan fingerprint density at radius 2 is 2.31 bits per heavy atom. The molecular formula is C11H14ClNO3. The van der Waals surface area contributed by atoms with Crippen LogP contribution in [0, 0.1) is 0 Å². The first kappa shape index (κ1) is 12.8. The second-order valence-electron chi connectivity index (χ2n) is 3.33. The molecule has 88 valence electrons. The van der Waals surface area contributed by atoms with Crippen molar-refractivity contribution in [3.8, 4) is 5.75 Å². The van der Waals surface area contributed by atoms with E-state index >= 15 is 0 Å². The third-order valence-electron chi connectivity index (χ3n) is 2.08. The molecule has 1 amide bonds. The number of hydrogen-bond donors (Lipinski definition) is 2. The van der Waals surface area contributed by atoms with E-state index in [2.05, 4.69) is 5.32 Å². The van der Waals surface area contributed by atoms with Gasteiger partial charge in [0, 0.05) is 7.05 Å². The van der Waals surface area contributed by atoms with Crippen LogP contribution in [0.25, 0.3) is 0 Å². The Morgan fingerprint density at radius 1 is 1.62 bits per heavy atom. The molecule has 2 N–H and O–H groups in total. The highest BCUT2D eigenvalue weighted by atomic mass is 35.5. The predicted molar refractivity (Wildman–Crippen MR) is 61.6 cm³/mol. The monoisotopic (exact) mass is 243 g/mol. The van der Waals surface area contributed by atoms with E-state index in [1.807, 2.05) is 0 Å². The fourth-order valence-corrected chi connectivity index (χ4v) is 1.35. The maximum atomic E-state index is 11.0. The normalized spacial score (nSPS) is 12.0. The number of aliphatic hydroxyl groups excluding tert-OH is 1. The molecule has 1 rings (SSSR count). The van der Waals surface area contributed by atoms with Crippen LogP contribution >= 0.6 is 11.6 Å². The van der Waals surface area contributed by atoms with Gasteiger partial charge in [-0.25, -0.2) is 0 Å². The van der Waals surface area contributed by atoms with Gasteiger partial charge in [-0.05, 0) is 24.6 Å². The summed E-state index contributed by atoms with van der Waals surface area (Å²) in [6.45, 7) is 1.57. The molecular weight excluding hydrogens is 230 g/mol. The minimum atomic E-state index is -0.578. The topological polar surface area (TPSA) is 58.6 Å². The molecule has 0 aromatic heterocycles. The zero-order valence-corrected chi connectivity index (χ0v) is 9.91. The highest BCUT2D eigenvalue weighted by molar-refractivity contribution is 6.32.